The van der Waals surface area contributed by atoms with E-state index >= 15 is 0 Å². The van der Waals surface area contributed by atoms with Crippen molar-refractivity contribution in [2.45, 2.75) is 26.1 Å². The lowest BCUT2D eigenvalue weighted by atomic mass is 10.0. The number of nitrogens with one attached hydrogen (secondary N) is 1. The maximum Gasteiger partial charge on any atom is 0.123 e. The molecule has 2 heterocycles. The molecule has 120 valence electrons. The summed E-state index contributed by atoms with van der Waals surface area (Å²) in [6.45, 7) is 3.62. The van der Waals surface area contributed by atoms with Gasteiger partial charge in [-0.2, -0.15) is 5.10 Å². The number of thiazole rings is 1. The van der Waals surface area contributed by atoms with Gasteiger partial charge in [0.15, 0.2) is 0 Å². The zero-order valence-corrected chi connectivity index (χ0v) is 14.1. The van der Waals surface area contributed by atoms with Crippen LogP contribution in [0, 0.1) is 0 Å². The third-order valence-electron chi connectivity index (χ3n) is 3.77. The first-order valence-corrected chi connectivity index (χ1v) is 8.45. The number of methoxy groups -OCH3 is 1. The predicted molar refractivity (Wildman–Crippen MR) is 91.7 cm³/mol. The van der Waals surface area contributed by atoms with E-state index in [0.29, 0.717) is 6.54 Å². The number of benzene rings is 1. The Hall–Kier alpha value is -2.18. The van der Waals surface area contributed by atoms with Gasteiger partial charge in [-0.3, -0.25) is 4.68 Å². The summed E-state index contributed by atoms with van der Waals surface area (Å²) < 4.78 is 7.38. The van der Waals surface area contributed by atoms with E-state index < -0.39 is 0 Å². The average molecular weight is 328 g/mol. The first-order valence-electron chi connectivity index (χ1n) is 7.51. The van der Waals surface area contributed by atoms with Crippen LogP contribution in [0.1, 0.15) is 29.8 Å². The van der Waals surface area contributed by atoms with Crippen molar-refractivity contribution >= 4 is 11.3 Å². The molecule has 1 aromatic carbocycles. The molecule has 0 bridgehead atoms. The third-order valence-corrected chi connectivity index (χ3v) is 4.40. The molecular weight excluding hydrogens is 308 g/mol. The topological polar surface area (TPSA) is 52.0 Å². The standard InChI is InChI=1S/C17H20N4OS/c1-13(18-9-16-11-23-12-19-16)14-4-5-17(22-2)15(8-14)10-21-7-3-6-20-21/h3-8,11-13,18H,9-10H2,1-2H3/t13-/m0/s1. The number of hydrogen-bond donors (Lipinski definition) is 1. The highest BCUT2D eigenvalue weighted by molar-refractivity contribution is 7.07. The van der Waals surface area contributed by atoms with Gasteiger partial charge >= 0.3 is 0 Å². The minimum Gasteiger partial charge on any atom is -0.496 e. The monoisotopic (exact) mass is 328 g/mol. The van der Waals surface area contributed by atoms with Crippen molar-refractivity contribution in [1.29, 1.82) is 0 Å². The van der Waals surface area contributed by atoms with Crippen LogP contribution in [0.15, 0.2) is 47.5 Å². The second-order valence-corrected chi connectivity index (χ2v) is 6.08. The van der Waals surface area contributed by atoms with Crippen molar-refractivity contribution in [2.24, 2.45) is 0 Å². The molecule has 0 fully saturated rings. The molecule has 1 atom stereocenters. The number of ether oxygens (including phenoxy) is 1. The third kappa shape index (κ3) is 3.97. The Morgan fingerprint density at radius 1 is 1.39 bits per heavy atom. The largest absolute Gasteiger partial charge is 0.496 e. The van der Waals surface area contributed by atoms with Crippen LogP contribution in [0.2, 0.25) is 0 Å². The lowest BCUT2D eigenvalue weighted by Gasteiger charge is -2.17. The first kappa shape index (κ1) is 15.7. The van der Waals surface area contributed by atoms with Crippen LogP contribution >= 0.6 is 11.3 Å². The highest BCUT2D eigenvalue weighted by Gasteiger charge is 2.10. The molecule has 0 radical (unpaired) electrons. The van der Waals surface area contributed by atoms with Gasteiger partial charge < -0.3 is 10.1 Å². The Balaban J connectivity index is 1.73. The summed E-state index contributed by atoms with van der Waals surface area (Å²) in [5.74, 6) is 0.885. The van der Waals surface area contributed by atoms with Gasteiger partial charge in [-0.1, -0.05) is 6.07 Å². The van der Waals surface area contributed by atoms with E-state index in [1.54, 1.807) is 24.6 Å². The van der Waals surface area contributed by atoms with Gasteiger partial charge in [0.1, 0.15) is 5.75 Å². The molecule has 0 amide bonds. The minimum atomic E-state index is 0.235. The van der Waals surface area contributed by atoms with Crippen LogP contribution in [0.4, 0.5) is 0 Å². The molecule has 0 aliphatic rings. The lowest BCUT2D eigenvalue weighted by molar-refractivity contribution is 0.406. The van der Waals surface area contributed by atoms with Crippen molar-refractivity contribution in [3.63, 3.8) is 0 Å². The maximum atomic E-state index is 5.48. The summed E-state index contributed by atoms with van der Waals surface area (Å²) in [4.78, 5) is 4.30. The van der Waals surface area contributed by atoms with Gasteiger partial charge in [-0.15, -0.1) is 11.3 Å². The van der Waals surface area contributed by atoms with Crippen LogP contribution in [-0.4, -0.2) is 21.9 Å². The average Bonchev–Trinajstić information content (AvgIpc) is 3.26. The fourth-order valence-electron chi connectivity index (χ4n) is 2.46. The normalized spacial score (nSPS) is 12.3. The summed E-state index contributed by atoms with van der Waals surface area (Å²) in [7, 11) is 1.70. The predicted octanol–water partition coefficient (Wildman–Crippen LogP) is 3.25. The van der Waals surface area contributed by atoms with Crippen LogP contribution in [0.5, 0.6) is 5.75 Å². The number of aromatic nitrogens is 3. The van der Waals surface area contributed by atoms with E-state index in [4.69, 9.17) is 4.74 Å². The molecule has 0 unspecified atom stereocenters. The Morgan fingerprint density at radius 2 is 2.30 bits per heavy atom. The SMILES string of the molecule is COc1ccc([C@H](C)NCc2cscn2)cc1Cn1cccn1. The molecule has 0 saturated carbocycles. The van der Waals surface area contributed by atoms with Crippen molar-refractivity contribution in [3.05, 3.63) is 64.4 Å². The van der Waals surface area contributed by atoms with Crippen LogP contribution in [-0.2, 0) is 13.1 Å². The fraction of sp³-hybridized carbons (Fsp3) is 0.294. The highest BCUT2D eigenvalue weighted by atomic mass is 32.1. The van der Waals surface area contributed by atoms with Crippen molar-refractivity contribution in [2.75, 3.05) is 7.11 Å². The van der Waals surface area contributed by atoms with Gasteiger partial charge in [0.05, 0.1) is 24.9 Å². The zero-order chi connectivity index (χ0) is 16.1. The Bertz CT molecular complexity index is 725. The molecule has 6 heteroatoms. The highest BCUT2D eigenvalue weighted by Crippen LogP contribution is 2.24. The van der Waals surface area contributed by atoms with E-state index in [2.05, 4.69) is 39.8 Å². The van der Waals surface area contributed by atoms with Crippen LogP contribution < -0.4 is 10.1 Å². The molecule has 1 N–H and O–H groups in total. The van der Waals surface area contributed by atoms with E-state index in [1.807, 2.05) is 28.5 Å². The number of rotatable bonds is 7. The van der Waals surface area contributed by atoms with Gasteiger partial charge in [-0.05, 0) is 30.7 Å². The van der Waals surface area contributed by atoms with Crippen molar-refractivity contribution in [3.8, 4) is 5.75 Å². The summed E-state index contributed by atoms with van der Waals surface area (Å²) in [5.41, 5.74) is 5.28. The minimum absolute atomic E-state index is 0.235. The zero-order valence-electron chi connectivity index (χ0n) is 13.3. The van der Waals surface area contributed by atoms with E-state index in [0.717, 1.165) is 23.6 Å². The van der Waals surface area contributed by atoms with Gasteiger partial charge in [0, 0.05) is 35.9 Å². The van der Waals surface area contributed by atoms with Crippen LogP contribution in [0.3, 0.4) is 0 Å². The van der Waals surface area contributed by atoms with E-state index in [9.17, 15) is 0 Å². The summed E-state index contributed by atoms with van der Waals surface area (Å²) >= 11 is 1.62. The van der Waals surface area contributed by atoms with Gasteiger partial charge in [0.2, 0.25) is 0 Å². The molecule has 0 aliphatic carbocycles. The Kier molecular flexibility index (Phi) is 5.05. The quantitative estimate of drug-likeness (QED) is 0.723. The molecule has 0 aliphatic heterocycles. The molecule has 23 heavy (non-hydrogen) atoms. The van der Waals surface area contributed by atoms with E-state index in [1.165, 1.54) is 5.56 Å². The second-order valence-electron chi connectivity index (χ2n) is 5.36. The molecule has 0 saturated heterocycles. The molecule has 3 rings (SSSR count). The Labute approximate surface area is 140 Å². The van der Waals surface area contributed by atoms with Crippen molar-refractivity contribution in [1.82, 2.24) is 20.1 Å². The molecule has 5 nitrogen and oxygen atoms in total. The molecule has 2 aromatic heterocycles. The Morgan fingerprint density at radius 3 is 3.00 bits per heavy atom. The smallest absolute Gasteiger partial charge is 0.123 e. The summed E-state index contributed by atoms with van der Waals surface area (Å²) in [6, 6.07) is 8.46. The summed E-state index contributed by atoms with van der Waals surface area (Å²) in [6.07, 6.45) is 3.74. The fourth-order valence-corrected chi connectivity index (χ4v) is 3.02. The van der Waals surface area contributed by atoms with E-state index in [-0.39, 0.29) is 6.04 Å². The number of nitrogens with zero attached hydrogens (tertiary/aromatic N) is 3. The number of hydrogen-bond acceptors (Lipinski definition) is 5. The maximum absolute atomic E-state index is 5.48. The lowest BCUT2D eigenvalue weighted by Crippen LogP contribution is -2.18. The van der Waals surface area contributed by atoms with Crippen molar-refractivity contribution < 1.29 is 4.74 Å². The first-order chi connectivity index (χ1) is 11.3. The molecular formula is C17H20N4OS. The molecule has 0 spiro atoms. The molecule has 3 aromatic rings. The second kappa shape index (κ2) is 7.39. The summed E-state index contributed by atoms with van der Waals surface area (Å²) in [5, 5.41) is 9.84. The van der Waals surface area contributed by atoms with Gasteiger partial charge in [-0.25, -0.2) is 4.98 Å². The van der Waals surface area contributed by atoms with Crippen LogP contribution in [0.25, 0.3) is 0 Å². The van der Waals surface area contributed by atoms with Gasteiger partial charge in [0.25, 0.3) is 0 Å².